The van der Waals surface area contributed by atoms with Gasteiger partial charge < -0.3 is 25.1 Å². The Kier molecular flexibility index (Phi) is 5.12. The predicted molar refractivity (Wildman–Crippen MR) is 113 cm³/mol. The molecule has 0 spiro atoms. The van der Waals surface area contributed by atoms with Gasteiger partial charge in [0.25, 0.3) is 5.56 Å². The summed E-state index contributed by atoms with van der Waals surface area (Å²) in [7, 11) is 2.89. The number of aromatic hydroxyl groups is 2. The third-order valence-electron chi connectivity index (χ3n) is 5.06. The molecule has 3 aromatic rings. The Morgan fingerprint density at radius 2 is 1.81 bits per heavy atom. The summed E-state index contributed by atoms with van der Waals surface area (Å²) in [5.41, 5.74) is 2.56. The van der Waals surface area contributed by atoms with Gasteiger partial charge in [-0.1, -0.05) is 18.2 Å². The standard InChI is InChI=1S/C21H20N4O6/c1-30-16-6-4-3-5-14(16)25-20(28)18(19(27)22-21(25)29)13-10-12(23-24-13)11-7-8-15(26)17(9-11)31-2/h3-9,12,23,26,28H,10H2,1-2H3,(H,22,27,29)/t12-/m1/s1. The molecule has 10 heteroatoms. The van der Waals surface area contributed by atoms with E-state index >= 15 is 0 Å². The average molecular weight is 424 g/mol. The van der Waals surface area contributed by atoms with E-state index in [1.165, 1.54) is 20.3 Å². The predicted octanol–water partition coefficient (Wildman–Crippen LogP) is 1.39. The lowest BCUT2D eigenvalue weighted by molar-refractivity contribution is 0.372. The van der Waals surface area contributed by atoms with Crippen LogP contribution in [0.25, 0.3) is 5.69 Å². The van der Waals surface area contributed by atoms with Crippen molar-refractivity contribution in [2.75, 3.05) is 14.2 Å². The minimum absolute atomic E-state index is 0.00311. The molecule has 2 heterocycles. The minimum atomic E-state index is -0.804. The SMILES string of the molecule is COc1cc([C@H]2CC(c3c(O)n(-c4ccccc4OC)c(=O)[nH]c3=O)=NN2)ccc1O. The van der Waals surface area contributed by atoms with Crippen LogP contribution in [0.1, 0.15) is 23.6 Å². The first-order valence-corrected chi connectivity index (χ1v) is 9.35. The van der Waals surface area contributed by atoms with Crippen LogP contribution in [0.3, 0.4) is 0 Å². The molecule has 31 heavy (non-hydrogen) atoms. The number of methoxy groups -OCH3 is 2. The Hall–Kier alpha value is -4.21. The van der Waals surface area contributed by atoms with E-state index in [4.69, 9.17) is 9.47 Å². The largest absolute Gasteiger partial charge is 0.504 e. The second-order valence-corrected chi connectivity index (χ2v) is 6.84. The summed E-state index contributed by atoms with van der Waals surface area (Å²) in [4.78, 5) is 27.3. The minimum Gasteiger partial charge on any atom is -0.504 e. The zero-order chi connectivity index (χ0) is 22.1. The molecule has 0 unspecified atom stereocenters. The van der Waals surface area contributed by atoms with Crippen LogP contribution in [0.4, 0.5) is 0 Å². The van der Waals surface area contributed by atoms with Crippen LogP contribution in [0.5, 0.6) is 23.1 Å². The van der Waals surface area contributed by atoms with Crippen LogP contribution in [-0.2, 0) is 0 Å². The highest BCUT2D eigenvalue weighted by molar-refractivity contribution is 6.03. The number of ether oxygens (including phenoxy) is 2. The Balaban J connectivity index is 1.75. The average Bonchev–Trinajstić information content (AvgIpc) is 3.23. The number of nitrogens with zero attached hydrogens (tertiary/aromatic N) is 2. The first-order chi connectivity index (χ1) is 14.9. The number of nitrogens with one attached hydrogen (secondary N) is 2. The molecule has 0 radical (unpaired) electrons. The molecule has 0 bridgehead atoms. The van der Waals surface area contributed by atoms with E-state index in [1.54, 1.807) is 36.4 Å². The van der Waals surface area contributed by atoms with Gasteiger partial charge in [0.05, 0.1) is 31.7 Å². The van der Waals surface area contributed by atoms with Crippen LogP contribution in [0, 0.1) is 0 Å². The smallest absolute Gasteiger partial charge is 0.335 e. The summed E-state index contributed by atoms with van der Waals surface area (Å²) in [6.07, 6.45) is 0.259. The van der Waals surface area contributed by atoms with Crippen molar-refractivity contribution < 1.29 is 19.7 Å². The van der Waals surface area contributed by atoms with E-state index < -0.39 is 17.1 Å². The number of phenolic OH excluding ortho intramolecular Hbond substituents is 1. The van der Waals surface area contributed by atoms with Gasteiger partial charge in [0.1, 0.15) is 11.3 Å². The molecule has 2 aromatic carbocycles. The van der Waals surface area contributed by atoms with Gasteiger partial charge in [0.2, 0.25) is 5.88 Å². The maximum absolute atomic E-state index is 12.6. The molecule has 0 fully saturated rings. The highest BCUT2D eigenvalue weighted by atomic mass is 16.5. The van der Waals surface area contributed by atoms with Crippen molar-refractivity contribution >= 4 is 5.71 Å². The van der Waals surface area contributed by atoms with Gasteiger partial charge in [0, 0.05) is 6.42 Å². The third-order valence-corrected chi connectivity index (χ3v) is 5.06. The number of aromatic nitrogens is 2. The summed E-state index contributed by atoms with van der Waals surface area (Å²) in [6.45, 7) is 0. The number of aromatic amines is 1. The monoisotopic (exact) mass is 424 g/mol. The van der Waals surface area contributed by atoms with Crippen LogP contribution in [0.15, 0.2) is 57.2 Å². The zero-order valence-electron chi connectivity index (χ0n) is 16.7. The number of H-pyrrole nitrogens is 1. The molecule has 10 nitrogen and oxygen atoms in total. The van der Waals surface area contributed by atoms with Crippen LogP contribution in [0.2, 0.25) is 0 Å². The van der Waals surface area contributed by atoms with Crippen molar-refractivity contribution in [3.63, 3.8) is 0 Å². The van der Waals surface area contributed by atoms with E-state index in [2.05, 4.69) is 15.5 Å². The Labute approximate surface area is 176 Å². The molecule has 1 aliphatic rings. The van der Waals surface area contributed by atoms with Gasteiger partial charge in [-0.15, -0.1) is 0 Å². The lowest BCUT2D eigenvalue weighted by Crippen LogP contribution is -2.33. The van der Waals surface area contributed by atoms with Gasteiger partial charge in [-0.3, -0.25) is 9.78 Å². The Morgan fingerprint density at radius 1 is 1.06 bits per heavy atom. The summed E-state index contributed by atoms with van der Waals surface area (Å²) in [6, 6.07) is 11.2. The van der Waals surface area contributed by atoms with Gasteiger partial charge in [0.15, 0.2) is 11.5 Å². The van der Waals surface area contributed by atoms with Crippen molar-refractivity contribution in [3.8, 4) is 28.8 Å². The van der Waals surface area contributed by atoms with Crippen molar-refractivity contribution in [2.24, 2.45) is 5.10 Å². The second kappa shape index (κ2) is 7.90. The summed E-state index contributed by atoms with van der Waals surface area (Å²) in [5.74, 6) is 0.114. The van der Waals surface area contributed by atoms with Gasteiger partial charge in [-0.05, 0) is 29.8 Å². The molecule has 1 atom stereocenters. The number of para-hydroxylation sites is 2. The second-order valence-electron chi connectivity index (χ2n) is 6.84. The Morgan fingerprint density at radius 3 is 2.55 bits per heavy atom. The van der Waals surface area contributed by atoms with E-state index in [-0.39, 0.29) is 35.2 Å². The van der Waals surface area contributed by atoms with E-state index in [9.17, 15) is 19.8 Å². The fraction of sp³-hybridized carbons (Fsp3) is 0.190. The Bertz CT molecular complexity index is 1290. The third kappa shape index (κ3) is 3.48. The fourth-order valence-corrected chi connectivity index (χ4v) is 3.52. The molecule has 1 aliphatic heterocycles. The summed E-state index contributed by atoms with van der Waals surface area (Å²) in [5, 5.41) is 24.9. The lowest BCUT2D eigenvalue weighted by Gasteiger charge is -2.14. The summed E-state index contributed by atoms with van der Waals surface area (Å²) >= 11 is 0. The lowest BCUT2D eigenvalue weighted by atomic mass is 9.99. The van der Waals surface area contributed by atoms with Crippen LogP contribution in [-0.4, -0.2) is 39.7 Å². The number of rotatable bonds is 5. The molecule has 0 saturated heterocycles. The molecule has 160 valence electrons. The highest BCUT2D eigenvalue weighted by Gasteiger charge is 2.28. The molecule has 0 saturated carbocycles. The molecule has 4 rings (SSSR count). The molecule has 0 amide bonds. The maximum atomic E-state index is 12.6. The van der Waals surface area contributed by atoms with Crippen molar-refractivity contribution in [1.29, 1.82) is 0 Å². The number of phenols is 1. The molecule has 1 aromatic heterocycles. The van der Waals surface area contributed by atoms with Gasteiger partial charge in [-0.25, -0.2) is 9.36 Å². The van der Waals surface area contributed by atoms with E-state index in [1.807, 2.05) is 0 Å². The van der Waals surface area contributed by atoms with Gasteiger partial charge in [-0.2, -0.15) is 5.10 Å². The fourth-order valence-electron chi connectivity index (χ4n) is 3.52. The van der Waals surface area contributed by atoms with Crippen molar-refractivity contribution in [3.05, 3.63) is 74.4 Å². The number of hydrazone groups is 1. The first-order valence-electron chi connectivity index (χ1n) is 9.35. The molecule has 4 N–H and O–H groups in total. The first kappa shape index (κ1) is 20.1. The van der Waals surface area contributed by atoms with Crippen molar-refractivity contribution in [1.82, 2.24) is 15.0 Å². The molecular weight excluding hydrogens is 404 g/mol. The topological polar surface area (TPSA) is 138 Å². The van der Waals surface area contributed by atoms with Crippen molar-refractivity contribution in [2.45, 2.75) is 12.5 Å². The van der Waals surface area contributed by atoms with Gasteiger partial charge >= 0.3 is 5.69 Å². The molecular formula is C21H20N4O6. The van der Waals surface area contributed by atoms with Crippen LogP contribution < -0.4 is 26.1 Å². The van der Waals surface area contributed by atoms with Crippen LogP contribution >= 0.6 is 0 Å². The van der Waals surface area contributed by atoms with E-state index in [0.29, 0.717) is 11.5 Å². The number of hydrogen-bond donors (Lipinski definition) is 4. The number of benzene rings is 2. The highest BCUT2D eigenvalue weighted by Crippen LogP contribution is 2.33. The van der Waals surface area contributed by atoms with E-state index in [0.717, 1.165) is 10.1 Å². The normalized spacial score (nSPS) is 15.3. The summed E-state index contributed by atoms with van der Waals surface area (Å²) < 4.78 is 11.4. The molecule has 0 aliphatic carbocycles. The maximum Gasteiger partial charge on any atom is 0.335 e. The quantitative estimate of drug-likeness (QED) is 0.486. The zero-order valence-corrected chi connectivity index (χ0v) is 16.7. The number of hydrogen-bond acceptors (Lipinski definition) is 8.